The fourth-order valence-corrected chi connectivity index (χ4v) is 5.03. The van der Waals surface area contributed by atoms with Crippen LogP contribution in [-0.4, -0.2) is 48.0 Å². The number of nitrogens with one attached hydrogen (secondary N) is 1. The molecule has 1 atom stereocenters. The number of rotatable bonds is 7. The van der Waals surface area contributed by atoms with Crippen molar-refractivity contribution in [3.63, 3.8) is 0 Å². The van der Waals surface area contributed by atoms with Crippen molar-refractivity contribution >= 4 is 21.6 Å². The first-order valence-electron chi connectivity index (χ1n) is 9.39. The maximum atomic E-state index is 12.7. The minimum Gasteiger partial charge on any atom is -0.493 e. The monoisotopic (exact) mass is 434 g/mol. The third kappa shape index (κ3) is 4.16. The Balaban J connectivity index is 1.78. The summed E-state index contributed by atoms with van der Waals surface area (Å²) in [7, 11) is 1.23. The van der Waals surface area contributed by atoms with Crippen LogP contribution in [0.25, 0.3) is 0 Å². The Bertz CT molecular complexity index is 1040. The fourth-order valence-electron chi connectivity index (χ4n) is 3.77. The Morgan fingerprint density at radius 2 is 1.73 bits per heavy atom. The minimum atomic E-state index is -3.36. The van der Waals surface area contributed by atoms with E-state index >= 15 is 0 Å². The molecule has 0 spiro atoms. The molecule has 0 bridgehead atoms. The van der Waals surface area contributed by atoms with Crippen molar-refractivity contribution in [2.24, 2.45) is 0 Å². The molecule has 0 aliphatic carbocycles. The van der Waals surface area contributed by atoms with Crippen molar-refractivity contribution < 1.29 is 27.4 Å². The summed E-state index contributed by atoms with van der Waals surface area (Å²) < 4.78 is 41.5. The van der Waals surface area contributed by atoms with Crippen LogP contribution in [0.2, 0.25) is 0 Å². The molecule has 8 nitrogen and oxygen atoms in total. The standard InChI is InChI=1S/C21H26N2O6S/c1-13-8-16-11-15(6-7-17(16)23(13)30(5,25)26)21(24)22-12-14-9-18(27-2)20(29-4)19(10-14)28-3/h6-7,9-11,13H,8,12H2,1-5H3,(H,22,24)/t13-/m1/s1. The number of carbonyl (C=O) groups is 1. The number of nitrogens with zero attached hydrogens (tertiary/aromatic N) is 1. The van der Waals surface area contributed by atoms with Gasteiger partial charge >= 0.3 is 0 Å². The van der Waals surface area contributed by atoms with Crippen LogP contribution in [0.5, 0.6) is 17.2 Å². The van der Waals surface area contributed by atoms with Gasteiger partial charge in [-0.25, -0.2) is 8.42 Å². The third-order valence-corrected chi connectivity index (χ3v) is 6.30. The maximum absolute atomic E-state index is 12.7. The predicted octanol–water partition coefficient (Wildman–Crippen LogP) is 2.35. The van der Waals surface area contributed by atoms with Crippen molar-refractivity contribution in [3.8, 4) is 17.2 Å². The lowest BCUT2D eigenvalue weighted by atomic mass is 10.1. The van der Waals surface area contributed by atoms with Gasteiger partial charge in [-0.05, 0) is 54.8 Å². The summed E-state index contributed by atoms with van der Waals surface area (Å²) in [6.45, 7) is 2.11. The minimum absolute atomic E-state index is 0.174. The van der Waals surface area contributed by atoms with E-state index in [1.54, 1.807) is 30.3 Å². The van der Waals surface area contributed by atoms with Crippen molar-refractivity contribution in [1.29, 1.82) is 0 Å². The van der Waals surface area contributed by atoms with Crippen LogP contribution in [0.3, 0.4) is 0 Å². The first kappa shape index (κ1) is 21.8. The summed E-state index contributed by atoms with van der Waals surface area (Å²) in [5.74, 6) is 1.25. The van der Waals surface area contributed by atoms with Crippen LogP contribution in [0, 0.1) is 0 Å². The zero-order chi connectivity index (χ0) is 22.1. The van der Waals surface area contributed by atoms with E-state index in [-0.39, 0.29) is 18.5 Å². The molecule has 0 unspecified atom stereocenters. The van der Waals surface area contributed by atoms with E-state index in [0.29, 0.717) is 34.9 Å². The van der Waals surface area contributed by atoms with Gasteiger partial charge in [0.1, 0.15) is 0 Å². The third-order valence-electron chi connectivity index (χ3n) is 5.03. The Labute approximate surface area is 176 Å². The Kier molecular flexibility index (Phi) is 6.12. The molecule has 1 aliphatic heterocycles. The van der Waals surface area contributed by atoms with Gasteiger partial charge < -0.3 is 19.5 Å². The van der Waals surface area contributed by atoms with Crippen LogP contribution in [0.1, 0.15) is 28.4 Å². The molecular weight excluding hydrogens is 408 g/mol. The van der Waals surface area contributed by atoms with Crippen LogP contribution in [-0.2, 0) is 23.0 Å². The quantitative estimate of drug-likeness (QED) is 0.719. The summed E-state index contributed by atoms with van der Waals surface area (Å²) in [4.78, 5) is 12.7. The molecule has 3 rings (SSSR count). The zero-order valence-electron chi connectivity index (χ0n) is 17.7. The number of sulfonamides is 1. The van der Waals surface area contributed by atoms with Gasteiger partial charge in [-0.15, -0.1) is 0 Å². The lowest BCUT2D eigenvalue weighted by Crippen LogP contribution is -2.34. The molecule has 2 aromatic rings. The molecule has 0 saturated heterocycles. The number of methoxy groups -OCH3 is 3. The largest absolute Gasteiger partial charge is 0.493 e. The molecule has 1 heterocycles. The Morgan fingerprint density at radius 1 is 1.10 bits per heavy atom. The van der Waals surface area contributed by atoms with E-state index in [0.717, 1.165) is 11.1 Å². The number of hydrogen-bond donors (Lipinski definition) is 1. The summed E-state index contributed by atoms with van der Waals surface area (Å²) in [5.41, 5.74) is 2.74. The van der Waals surface area contributed by atoms with E-state index in [1.165, 1.54) is 31.9 Å². The summed E-state index contributed by atoms with van der Waals surface area (Å²) in [6.07, 6.45) is 1.76. The highest BCUT2D eigenvalue weighted by atomic mass is 32.2. The Morgan fingerprint density at radius 3 is 2.27 bits per heavy atom. The lowest BCUT2D eigenvalue weighted by molar-refractivity contribution is 0.0950. The molecule has 0 fully saturated rings. The summed E-state index contributed by atoms with van der Waals surface area (Å²) in [5, 5.41) is 2.88. The van der Waals surface area contributed by atoms with Crippen molar-refractivity contribution in [2.75, 3.05) is 31.9 Å². The predicted molar refractivity (Wildman–Crippen MR) is 114 cm³/mol. The second-order valence-electron chi connectivity index (χ2n) is 7.17. The van der Waals surface area contributed by atoms with Gasteiger partial charge in [0, 0.05) is 18.2 Å². The second-order valence-corrected chi connectivity index (χ2v) is 9.03. The highest BCUT2D eigenvalue weighted by Crippen LogP contribution is 2.38. The maximum Gasteiger partial charge on any atom is 0.251 e. The van der Waals surface area contributed by atoms with Gasteiger partial charge in [-0.3, -0.25) is 9.10 Å². The van der Waals surface area contributed by atoms with Gasteiger partial charge in [0.2, 0.25) is 15.8 Å². The van der Waals surface area contributed by atoms with Crippen molar-refractivity contribution in [3.05, 3.63) is 47.0 Å². The van der Waals surface area contributed by atoms with Gasteiger partial charge in [-0.1, -0.05) is 0 Å². The number of benzene rings is 2. The van der Waals surface area contributed by atoms with Gasteiger partial charge in [-0.2, -0.15) is 0 Å². The second kappa shape index (κ2) is 8.43. The van der Waals surface area contributed by atoms with Crippen LogP contribution in [0.15, 0.2) is 30.3 Å². The molecule has 0 radical (unpaired) electrons. The number of carbonyl (C=O) groups excluding carboxylic acids is 1. The average molecular weight is 435 g/mol. The first-order chi connectivity index (χ1) is 14.2. The van der Waals surface area contributed by atoms with Crippen molar-refractivity contribution in [1.82, 2.24) is 5.32 Å². The van der Waals surface area contributed by atoms with Crippen molar-refractivity contribution in [2.45, 2.75) is 25.9 Å². The molecule has 0 saturated carbocycles. The van der Waals surface area contributed by atoms with Crippen LogP contribution >= 0.6 is 0 Å². The van der Waals surface area contributed by atoms with E-state index in [9.17, 15) is 13.2 Å². The average Bonchev–Trinajstić information content (AvgIpc) is 3.06. The Hall–Kier alpha value is -2.94. The number of fused-ring (bicyclic) bond motifs is 1. The highest BCUT2D eigenvalue weighted by molar-refractivity contribution is 7.92. The van der Waals surface area contributed by atoms with Gasteiger partial charge in [0.25, 0.3) is 5.91 Å². The van der Waals surface area contributed by atoms with E-state index in [4.69, 9.17) is 14.2 Å². The summed E-state index contributed by atoms with van der Waals surface area (Å²) in [6, 6.07) is 8.45. The zero-order valence-corrected chi connectivity index (χ0v) is 18.5. The fraction of sp³-hybridized carbons (Fsp3) is 0.381. The number of ether oxygens (including phenoxy) is 3. The number of anilines is 1. The molecule has 1 aliphatic rings. The molecule has 0 aromatic heterocycles. The molecule has 9 heteroatoms. The topological polar surface area (TPSA) is 94.2 Å². The van der Waals surface area contributed by atoms with E-state index in [1.807, 2.05) is 6.92 Å². The first-order valence-corrected chi connectivity index (χ1v) is 11.2. The summed E-state index contributed by atoms with van der Waals surface area (Å²) >= 11 is 0. The van der Waals surface area contributed by atoms with E-state index < -0.39 is 10.0 Å². The number of hydrogen-bond acceptors (Lipinski definition) is 6. The smallest absolute Gasteiger partial charge is 0.251 e. The molecule has 1 amide bonds. The van der Waals surface area contributed by atoms with Crippen LogP contribution < -0.4 is 23.8 Å². The molecule has 30 heavy (non-hydrogen) atoms. The SMILES string of the molecule is COc1cc(CNC(=O)c2ccc3c(c2)C[C@@H](C)N3S(C)(=O)=O)cc(OC)c1OC. The molecule has 162 valence electrons. The number of amides is 1. The molecule has 2 aromatic carbocycles. The highest BCUT2D eigenvalue weighted by Gasteiger charge is 2.32. The van der Waals surface area contributed by atoms with E-state index in [2.05, 4.69) is 5.32 Å². The van der Waals surface area contributed by atoms with Crippen LogP contribution in [0.4, 0.5) is 5.69 Å². The molecule has 1 N–H and O–H groups in total. The normalized spacial score (nSPS) is 15.5. The van der Waals surface area contributed by atoms with Gasteiger partial charge in [0.15, 0.2) is 11.5 Å². The van der Waals surface area contributed by atoms with Gasteiger partial charge in [0.05, 0.1) is 33.3 Å². The lowest BCUT2D eigenvalue weighted by Gasteiger charge is -2.21. The molecular formula is C21H26N2O6S.